The van der Waals surface area contributed by atoms with Gasteiger partial charge in [0, 0.05) is 50.2 Å². The van der Waals surface area contributed by atoms with Crippen LogP contribution in [0.1, 0.15) is 59.3 Å². The van der Waals surface area contributed by atoms with Gasteiger partial charge in [0.15, 0.2) is 0 Å². The molecule has 10 nitrogen and oxygen atoms in total. The number of benzene rings is 2. The van der Waals surface area contributed by atoms with Gasteiger partial charge in [-0.15, -0.1) is 0 Å². The molecule has 0 bridgehead atoms. The number of alkyl halides is 3. The summed E-state index contributed by atoms with van der Waals surface area (Å²) in [7, 11) is -2.23. The Morgan fingerprint density at radius 1 is 1.09 bits per heavy atom. The summed E-state index contributed by atoms with van der Waals surface area (Å²) >= 11 is 0. The van der Waals surface area contributed by atoms with Gasteiger partial charge in [-0.1, -0.05) is 26.0 Å². The van der Waals surface area contributed by atoms with Crippen molar-refractivity contribution in [1.29, 1.82) is 0 Å². The lowest BCUT2D eigenvalue weighted by Gasteiger charge is -2.31. The third-order valence-electron chi connectivity index (χ3n) is 7.98. The molecule has 0 atom stereocenters. The molecule has 3 N–H and O–H groups in total. The van der Waals surface area contributed by atoms with Gasteiger partial charge in [-0.05, 0) is 73.7 Å². The van der Waals surface area contributed by atoms with E-state index in [2.05, 4.69) is 37.7 Å². The molecular weight excluding hydrogens is 607 g/mol. The highest BCUT2D eigenvalue weighted by atomic mass is 32.2. The van der Waals surface area contributed by atoms with Gasteiger partial charge in [-0.25, -0.2) is 13.4 Å². The summed E-state index contributed by atoms with van der Waals surface area (Å²) in [6, 6.07) is 10.3. The zero-order valence-electron chi connectivity index (χ0n) is 26.1. The molecule has 0 spiro atoms. The summed E-state index contributed by atoms with van der Waals surface area (Å²) in [5.74, 6) is -0.699. The van der Waals surface area contributed by atoms with E-state index in [1.165, 1.54) is 7.05 Å². The fraction of sp³-hybridized carbons (Fsp3) is 0.452. The van der Waals surface area contributed by atoms with E-state index in [0.29, 0.717) is 35.1 Å². The van der Waals surface area contributed by atoms with Gasteiger partial charge in [0.2, 0.25) is 16.0 Å². The van der Waals surface area contributed by atoms with Crippen molar-refractivity contribution in [3.63, 3.8) is 0 Å². The van der Waals surface area contributed by atoms with Crippen molar-refractivity contribution in [1.82, 2.24) is 20.2 Å². The Morgan fingerprint density at radius 2 is 1.80 bits per heavy atom. The molecule has 1 amide bonds. The Hall–Kier alpha value is -3.91. The van der Waals surface area contributed by atoms with Crippen molar-refractivity contribution in [3.05, 3.63) is 70.4 Å². The second-order valence-corrected chi connectivity index (χ2v) is 13.2. The Balaban J connectivity index is 1.55. The number of amides is 1. The van der Waals surface area contributed by atoms with E-state index in [9.17, 15) is 26.4 Å². The van der Waals surface area contributed by atoms with Crippen LogP contribution < -0.4 is 20.3 Å². The van der Waals surface area contributed by atoms with Crippen LogP contribution >= 0.6 is 0 Å². The maximum absolute atomic E-state index is 13.9. The zero-order valence-corrected chi connectivity index (χ0v) is 26.9. The van der Waals surface area contributed by atoms with E-state index in [1.54, 1.807) is 43.3 Å². The monoisotopic (exact) mass is 647 g/mol. The Bertz CT molecular complexity index is 1630. The number of likely N-dealkylation sites (tertiary alicyclic amines) is 1. The summed E-state index contributed by atoms with van der Waals surface area (Å²) in [6.45, 7) is 8.58. The number of halogens is 3. The molecule has 1 aliphatic heterocycles. The molecule has 1 aromatic heterocycles. The van der Waals surface area contributed by atoms with Crippen LogP contribution in [0.4, 0.5) is 36.3 Å². The minimum atomic E-state index is -4.74. The number of aryl methyl sites for hydroxylation is 2. The quantitative estimate of drug-likeness (QED) is 0.256. The smallest absolute Gasteiger partial charge is 0.365 e. The second kappa shape index (κ2) is 14.0. The van der Waals surface area contributed by atoms with Crippen molar-refractivity contribution in [2.24, 2.45) is 0 Å². The van der Waals surface area contributed by atoms with Crippen LogP contribution in [0.2, 0.25) is 0 Å². The van der Waals surface area contributed by atoms with Gasteiger partial charge in [0.25, 0.3) is 5.91 Å². The first-order valence-electron chi connectivity index (χ1n) is 14.8. The SMILES string of the molecule is CCc1cc(C(=O)NC2CCN(CC)CC2)ccc1Nc1ncc(C(F)(F)F)c(NCc2ccc(C)cc2N(C)S(C)(=O)=O)n1. The normalized spacial score (nSPS) is 14.7. The molecule has 0 saturated carbocycles. The van der Waals surface area contributed by atoms with E-state index >= 15 is 0 Å². The third-order valence-corrected chi connectivity index (χ3v) is 9.17. The highest BCUT2D eigenvalue weighted by molar-refractivity contribution is 7.92. The molecule has 1 fully saturated rings. The molecule has 2 aromatic carbocycles. The lowest BCUT2D eigenvalue weighted by Crippen LogP contribution is -2.44. The van der Waals surface area contributed by atoms with Crippen molar-refractivity contribution in [3.8, 4) is 0 Å². The first-order chi connectivity index (χ1) is 21.2. The highest BCUT2D eigenvalue weighted by Crippen LogP contribution is 2.35. The van der Waals surface area contributed by atoms with Crippen LogP contribution in [0.15, 0.2) is 42.6 Å². The van der Waals surface area contributed by atoms with E-state index < -0.39 is 27.6 Å². The van der Waals surface area contributed by atoms with E-state index in [4.69, 9.17) is 0 Å². The number of anilines is 4. The molecular formula is C31H40F3N7O3S. The van der Waals surface area contributed by atoms with Crippen molar-refractivity contribution in [2.75, 3.05) is 47.9 Å². The van der Waals surface area contributed by atoms with Gasteiger partial charge in [-0.2, -0.15) is 18.2 Å². The average Bonchev–Trinajstić information content (AvgIpc) is 2.99. The predicted octanol–water partition coefficient (Wildman–Crippen LogP) is 5.33. The topological polar surface area (TPSA) is 120 Å². The number of sulfonamides is 1. The fourth-order valence-corrected chi connectivity index (χ4v) is 5.72. The molecule has 0 aliphatic carbocycles. The fourth-order valence-electron chi connectivity index (χ4n) is 5.19. The van der Waals surface area contributed by atoms with Gasteiger partial charge < -0.3 is 20.9 Å². The highest BCUT2D eigenvalue weighted by Gasteiger charge is 2.35. The molecule has 1 aliphatic rings. The maximum Gasteiger partial charge on any atom is 0.421 e. The van der Waals surface area contributed by atoms with Crippen LogP contribution in [-0.2, 0) is 29.2 Å². The lowest BCUT2D eigenvalue weighted by molar-refractivity contribution is -0.137. The van der Waals surface area contributed by atoms with Crippen molar-refractivity contribution in [2.45, 2.75) is 58.8 Å². The standard InChI is InChI=1S/C31H40F3N7O3S/c1-6-21-17-22(29(42)37-24-12-14-41(7-2)15-13-24)10-11-26(21)38-30-36-19-25(31(32,33)34)28(39-30)35-18-23-9-8-20(3)16-27(23)40(4)45(5,43)44/h8-11,16-17,19,24H,6-7,12-15,18H2,1-5H3,(H,37,42)(H2,35,36,38,39). The minimum Gasteiger partial charge on any atom is -0.365 e. The maximum atomic E-state index is 13.9. The predicted molar refractivity (Wildman–Crippen MR) is 170 cm³/mol. The Kier molecular flexibility index (Phi) is 10.6. The lowest BCUT2D eigenvalue weighted by atomic mass is 10.0. The zero-order chi connectivity index (χ0) is 32.9. The number of hydrogen-bond acceptors (Lipinski definition) is 8. The number of aromatic nitrogens is 2. The molecule has 14 heteroatoms. The number of nitrogens with zero attached hydrogens (tertiary/aromatic N) is 4. The van der Waals surface area contributed by atoms with Gasteiger partial charge in [-0.3, -0.25) is 9.10 Å². The third kappa shape index (κ3) is 8.63. The van der Waals surface area contributed by atoms with Crippen molar-refractivity contribution >= 4 is 39.1 Å². The summed E-state index contributed by atoms with van der Waals surface area (Å²) < 4.78 is 67.3. The average molecular weight is 648 g/mol. The summed E-state index contributed by atoms with van der Waals surface area (Å²) in [5.41, 5.74) is 2.37. The van der Waals surface area contributed by atoms with E-state index in [0.717, 1.165) is 54.2 Å². The first kappa shape index (κ1) is 34.0. The second-order valence-electron chi connectivity index (χ2n) is 11.2. The molecule has 45 heavy (non-hydrogen) atoms. The van der Waals surface area contributed by atoms with Crippen LogP contribution in [0, 0.1) is 6.92 Å². The summed E-state index contributed by atoms with van der Waals surface area (Å²) in [5, 5.41) is 8.86. The molecule has 1 saturated heterocycles. The van der Waals surface area contributed by atoms with E-state index in [1.807, 2.05) is 6.92 Å². The van der Waals surface area contributed by atoms with Gasteiger partial charge in [0.05, 0.1) is 11.9 Å². The Morgan fingerprint density at radius 3 is 2.42 bits per heavy atom. The van der Waals surface area contributed by atoms with Crippen LogP contribution in [0.5, 0.6) is 0 Å². The molecule has 0 radical (unpaired) electrons. The number of hydrogen-bond donors (Lipinski definition) is 3. The minimum absolute atomic E-state index is 0.0718. The van der Waals surface area contributed by atoms with Crippen LogP contribution in [0.3, 0.4) is 0 Å². The molecule has 3 aromatic rings. The molecule has 4 rings (SSSR count). The number of nitrogens with one attached hydrogen (secondary N) is 3. The number of rotatable bonds is 11. The number of carbonyl (C=O) groups is 1. The Labute approximate surface area is 262 Å². The van der Waals surface area contributed by atoms with Gasteiger partial charge in [0.1, 0.15) is 11.4 Å². The molecule has 2 heterocycles. The van der Waals surface area contributed by atoms with E-state index in [-0.39, 0.29) is 24.4 Å². The first-order valence-corrected chi connectivity index (χ1v) is 16.7. The van der Waals surface area contributed by atoms with Crippen LogP contribution in [-0.4, -0.2) is 68.2 Å². The summed E-state index contributed by atoms with van der Waals surface area (Å²) in [4.78, 5) is 23.4. The van der Waals surface area contributed by atoms with Gasteiger partial charge >= 0.3 is 6.18 Å². The summed E-state index contributed by atoms with van der Waals surface area (Å²) in [6.07, 6.45) is -0.655. The molecule has 0 unspecified atom stereocenters. The number of piperidine rings is 1. The largest absolute Gasteiger partial charge is 0.421 e. The number of carbonyl (C=O) groups excluding carboxylic acids is 1. The van der Waals surface area contributed by atoms with Crippen LogP contribution in [0.25, 0.3) is 0 Å². The van der Waals surface area contributed by atoms with Crippen molar-refractivity contribution < 1.29 is 26.4 Å². The molecule has 244 valence electrons.